The summed E-state index contributed by atoms with van der Waals surface area (Å²) in [6, 6.07) is 15.1. The van der Waals surface area contributed by atoms with Crippen LogP contribution in [0.1, 0.15) is 12.6 Å². The molecule has 5 nitrogen and oxygen atoms in total. The van der Waals surface area contributed by atoms with Crippen molar-refractivity contribution in [2.75, 3.05) is 19.0 Å². The van der Waals surface area contributed by atoms with Crippen LogP contribution in [0, 0.1) is 0 Å². The molecule has 2 aromatic carbocycles. The van der Waals surface area contributed by atoms with Crippen LogP contribution in [0.5, 0.6) is 11.5 Å². The molecule has 0 unspecified atom stereocenters. The van der Waals surface area contributed by atoms with Gasteiger partial charge in [0.15, 0.2) is 0 Å². The summed E-state index contributed by atoms with van der Waals surface area (Å²) in [6.45, 7) is 2.46. The molecule has 1 heterocycles. The number of nitrogens with one attached hydrogen (secondary N) is 1. The molecular formula is C20H20N2O3S. The second kappa shape index (κ2) is 8.49. The van der Waals surface area contributed by atoms with Crippen molar-refractivity contribution in [3.05, 3.63) is 59.6 Å². The molecule has 0 radical (unpaired) electrons. The zero-order valence-corrected chi connectivity index (χ0v) is 15.5. The standard InChI is InChI=1S/C20H20N2O3S/c1-3-25-18-7-5-4-6-17(18)22-19(23)12-15-13-26-20(21-15)14-8-10-16(24-2)11-9-14/h4-11,13H,3,12H2,1-2H3,(H,22,23). The Morgan fingerprint density at radius 2 is 1.92 bits per heavy atom. The average molecular weight is 368 g/mol. The third-order valence-corrected chi connectivity index (χ3v) is 4.63. The first kappa shape index (κ1) is 17.9. The summed E-state index contributed by atoms with van der Waals surface area (Å²) in [4.78, 5) is 16.9. The van der Waals surface area contributed by atoms with E-state index in [4.69, 9.17) is 9.47 Å². The fourth-order valence-electron chi connectivity index (χ4n) is 2.46. The van der Waals surface area contributed by atoms with Crippen LogP contribution in [0.2, 0.25) is 0 Å². The van der Waals surface area contributed by atoms with Crippen LogP contribution in [0.25, 0.3) is 10.6 Å². The molecule has 0 spiro atoms. The second-order valence-corrected chi connectivity index (χ2v) is 6.38. The zero-order chi connectivity index (χ0) is 18.4. The molecule has 0 bridgehead atoms. The first-order valence-corrected chi connectivity index (χ1v) is 9.18. The second-order valence-electron chi connectivity index (χ2n) is 5.53. The quantitative estimate of drug-likeness (QED) is 0.671. The lowest BCUT2D eigenvalue weighted by Gasteiger charge is -2.10. The molecule has 0 saturated carbocycles. The molecule has 134 valence electrons. The van der Waals surface area contributed by atoms with Crippen LogP contribution in [-0.4, -0.2) is 24.6 Å². The Kier molecular flexibility index (Phi) is 5.86. The molecule has 1 aromatic heterocycles. The number of nitrogens with zero attached hydrogens (tertiary/aromatic N) is 1. The molecule has 0 aliphatic heterocycles. The Bertz CT molecular complexity index is 875. The number of para-hydroxylation sites is 2. The Balaban J connectivity index is 1.66. The van der Waals surface area contributed by atoms with Gasteiger partial charge in [-0.2, -0.15) is 0 Å². The lowest BCUT2D eigenvalue weighted by Crippen LogP contribution is -2.15. The average Bonchev–Trinajstić information content (AvgIpc) is 3.12. The smallest absolute Gasteiger partial charge is 0.230 e. The number of anilines is 1. The summed E-state index contributed by atoms with van der Waals surface area (Å²) >= 11 is 1.52. The first-order valence-electron chi connectivity index (χ1n) is 8.30. The van der Waals surface area contributed by atoms with Gasteiger partial charge in [0.25, 0.3) is 0 Å². The van der Waals surface area contributed by atoms with Gasteiger partial charge in [-0.15, -0.1) is 11.3 Å². The van der Waals surface area contributed by atoms with E-state index in [0.29, 0.717) is 18.0 Å². The summed E-state index contributed by atoms with van der Waals surface area (Å²) in [6.07, 6.45) is 0.215. The van der Waals surface area contributed by atoms with Gasteiger partial charge in [0.1, 0.15) is 16.5 Å². The normalized spacial score (nSPS) is 10.4. The van der Waals surface area contributed by atoms with Crippen molar-refractivity contribution >= 4 is 22.9 Å². The van der Waals surface area contributed by atoms with E-state index in [2.05, 4.69) is 10.3 Å². The van der Waals surface area contributed by atoms with Crippen molar-refractivity contribution in [1.29, 1.82) is 0 Å². The number of carbonyl (C=O) groups excluding carboxylic acids is 1. The number of amides is 1. The number of hydrogen-bond donors (Lipinski definition) is 1. The van der Waals surface area contributed by atoms with Crippen LogP contribution >= 0.6 is 11.3 Å². The molecule has 6 heteroatoms. The van der Waals surface area contributed by atoms with Crippen molar-refractivity contribution < 1.29 is 14.3 Å². The monoisotopic (exact) mass is 368 g/mol. The number of aromatic nitrogens is 1. The molecule has 0 fully saturated rings. The van der Waals surface area contributed by atoms with Gasteiger partial charge in [0, 0.05) is 10.9 Å². The number of methoxy groups -OCH3 is 1. The first-order chi connectivity index (χ1) is 12.7. The van der Waals surface area contributed by atoms with E-state index in [1.165, 1.54) is 11.3 Å². The molecule has 0 saturated heterocycles. The Labute approximate surface area is 156 Å². The highest BCUT2D eigenvalue weighted by Crippen LogP contribution is 2.27. The van der Waals surface area contributed by atoms with Gasteiger partial charge in [-0.05, 0) is 43.3 Å². The molecule has 26 heavy (non-hydrogen) atoms. The summed E-state index contributed by atoms with van der Waals surface area (Å²) in [5.41, 5.74) is 2.42. The molecule has 1 amide bonds. The minimum Gasteiger partial charge on any atom is -0.497 e. The topological polar surface area (TPSA) is 60.5 Å². The maximum Gasteiger partial charge on any atom is 0.230 e. The molecular weight excluding hydrogens is 348 g/mol. The fraction of sp³-hybridized carbons (Fsp3) is 0.200. The third-order valence-electron chi connectivity index (χ3n) is 3.69. The van der Waals surface area contributed by atoms with Crippen LogP contribution in [0.15, 0.2) is 53.9 Å². The maximum absolute atomic E-state index is 12.3. The molecule has 1 N–H and O–H groups in total. The van der Waals surface area contributed by atoms with Gasteiger partial charge in [-0.25, -0.2) is 4.98 Å². The predicted molar refractivity (Wildman–Crippen MR) is 104 cm³/mol. The largest absolute Gasteiger partial charge is 0.497 e. The lowest BCUT2D eigenvalue weighted by atomic mass is 10.2. The van der Waals surface area contributed by atoms with Crippen LogP contribution in [-0.2, 0) is 11.2 Å². The molecule has 0 aliphatic rings. The number of carbonyl (C=O) groups is 1. The third kappa shape index (κ3) is 4.40. The van der Waals surface area contributed by atoms with Gasteiger partial charge < -0.3 is 14.8 Å². The van der Waals surface area contributed by atoms with Gasteiger partial charge in [0.2, 0.25) is 5.91 Å². The summed E-state index contributed by atoms with van der Waals surface area (Å²) in [5, 5.41) is 5.68. The Morgan fingerprint density at radius 1 is 1.15 bits per heavy atom. The summed E-state index contributed by atoms with van der Waals surface area (Å²) < 4.78 is 10.7. The van der Waals surface area contributed by atoms with E-state index in [-0.39, 0.29) is 12.3 Å². The van der Waals surface area contributed by atoms with E-state index in [1.807, 2.05) is 60.8 Å². The van der Waals surface area contributed by atoms with E-state index in [9.17, 15) is 4.79 Å². The minimum absolute atomic E-state index is 0.122. The SMILES string of the molecule is CCOc1ccccc1NC(=O)Cc1csc(-c2ccc(OC)cc2)n1. The lowest BCUT2D eigenvalue weighted by molar-refractivity contribution is -0.115. The number of ether oxygens (including phenoxy) is 2. The van der Waals surface area contributed by atoms with E-state index >= 15 is 0 Å². The number of hydrogen-bond acceptors (Lipinski definition) is 5. The van der Waals surface area contributed by atoms with Crippen LogP contribution in [0.4, 0.5) is 5.69 Å². The van der Waals surface area contributed by atoms with E-state index < -0.39 is 0 Å². The predicted octanol–water partition coefficient (Wildman–Crippen LogP) is 4.40. The van der Waals surface area contributed by atoms with Gasteiger partial charge in [-0.1, -0.05) is 12.1 Å². The van der Waals surface area contributed by atoms with Crippen molar-refractivity contribution in [3.63, 3.8) is 0 Å². The Morgan fingerprint density at radius 3 is 2.65 bits per heavy atom. The Hall–Kier alpha value is -2.86. The van der Waals surface area contributed by atoms with Crippen molar-refractivity contribution in [2.45, 2.75) is 13.3 Å². The highest BCUT2D eigenvalue weighted by Gasteiger charge is 2.11. The molecule has 3 aromatic rings. The minimum atomic E-state index is -0.122. The summed E-state index contributed by atoms with van der Waals surface area (Å²) in [7, 11) is 1.64. The highest BCUT2D eigenvalue weighted by molar-refractivity contribution is 7.13. The van der Waals surface area contributed by atoms with E-state index in [1.54, 1.807) is 7.11 Å². The number of rotatable bonds is 7. The van der Waals surface area contributed by atoms with Crippen LogP contribution < -0.4 is 14.8 Å². The van der Waals surface area contributed by atoms with Crippen molar-refractivity contribution in [2.24, 2.45) is 0 Å². The van der Waals surface area contributed by atoms with Gasteiger partial charge in [0.05, 0.1) is 31.5 Å². The maximum atomic E-state index is 12.3. The van der Waals surface area contributed by atoms with Crippen molar-refractivity contribution in [1.82, 2.24) is 4.98 Å². The van der Waals surface area contributed by atoms with Gasteiger partial charge in [-0.3, -0.25) is 4.79 Å². The highest BCUT2D eigenvalue weighted by atomic mass is 32.1. The van der Waals surface area contributed by atoms with Crippen LogP contribution in [0.3, 0.4) is 0 Å². The van der Waals surface area contributed by atoms with Crippen molar-refractivity contribution in [3.8, 4) is 22.1 Å². The molecule has 0 aliphatic carbocycles. The van der Waals surface area contributed by atoms with E-state index in [0.717, 1.165) is 22.0 Å². The number of benzene rings is 2. The summed E-state index contributed by atoms with van der Waals surface area (Å²) in [5.74, 6) is 1.35. The zero-order valence-electron chi connectivity index (χ0n) is 14.7. The molecule has 3 rings (SSSR count). The van der Waals surface area contributed by atoms with Gasteiger partial charge >= 0.3 is 0 Å². The fourth-order valence-corrected chi connectivity index (χ4v) is 3.29. The number of thiazole rings is 1. The molecule has 0 atom stereocenters.